The predicted octanol–water partition coefficient (Wildman–Crippen LogP) is 3.06. The topological polar surface area (TPSA) is 18.5 Å². The molecule has 2 nitrogen and oxygen atoms in total. The summed E-state index contributed by atoms with van der Waals surface area (Å²) in [6, 6.07) is 9.94. The zero-order chi connectivity index (χ0) is 10.2. The molecule has 0 unspecified atom stereocenters. The van der Waals surface area contributed by atoms with Gasteiger partial charge in [-0.2, -0.15) is 0 Å². The molecule has 1 aromatic rings. The largest absolute Gasteiger partial charge is 0.498 e. The van der Waals surface area contributed by atoms with E-state index < -0.39 is 0 Å². The fraction of sp³-hybridized carbons (Fsp3) is 0.333. The van der Waals surface area contributed by atoms with Crippen molar-refractivity contribution in [2.75, 3.05) is 13.2 Å². The fourth-order valence-corrected chi connectivity index (χ4v) is 1.10. The van der Waals surface area contributed by atoms with Crippen LogP contribution in [0.3, 0.4) is 0 Å². The second-order valence-corrected chi connectivity index (χ2v) is 2.74. The zero-order valence-corrected chi connectivity index (χ0v) is 8.69. The summed E-state index contributed by atoms with van der Waals surface area (Å²) < 4.78 is 10.7. The first-order valence-corrected chi connectivity index (χ1v) is 4.88. The van der Waals surface area contributed by atoms with Crippen molar-refractivity contribution in [3.63, 3.8) is 0 Å². The summed E-state index contributed by atoms with van der Waals surface area (Å²) in [5.41, 5.74) is 1.04. The van der Waals surface area contributed by atoms with E-state index in [2.05, 4.69) is 0 Å². The van der Waals surface area contributed by atoms with Crippen molar-refractivity contribution in [3.8, 4) is 0 Å². The van der Waals surface area contributed by atoms with E-state index in [1.54, 1.807) is 6.26 Å². The summed E-state index contributed by atoms with van der Waals surface area (Å²) in [5.74, 6) is 0.787. The maximum absolute atomic E-state index is 5.47. The molecule has 0 aliphatic heterocycles. The smallest absolute Gasteiger partial charge is 0.160 e. The lowest BCUT2D eigenvalue weighted by molar-refractivity contribution is 0.239. The van der Waals surface area contributed by atoms with Crippen LogP contribution in [0.5, 0.6) is 0 Å². The van der Waals surface area contributed by atoms with Gasteiger partial charge in [0.2, 0.25) is 0 Å². The average Bonchev–Trinajstić information content (AvgIpc) is 2.25. The van der Waals surface area contributed by atoms with E-state index in [1.807, 2.05) is 44.2 Å². The van der Waals surface area contributed by atoms with E-state index in [4.69, 9.17) is 9.47 Å². The van der Waals surface area contributed by atoms with Gasteiger partial charge in [-0.25, -0.2) is 0 Å². The predicted molar refractivity (Wildman–Crippen MR) is 57.7 cm³/mol. The first kappa shape index (κ1) is 10.6. The molecule has 0 aliphatic rings. The third-order valence-electron chi connectivity index (χ3n) is 1.72. The molecule has 1 aromatic carbocycles. The minimum atomic E-state index is 0.647. The van der Waals surface area contributed by atoms with Crippen LogP contribution in [0.1, 0.15) is 19.4 Å². The van der Waals surface area contributed by atoms with Gasteiger partial charge >= 0.3 is 0 Å². The second kappa shape index (κ2) is 6.08. The Kier molecular flexibility index (Phi) is 4.62. The van der Waals surface area contributed by atoms with Gasteiger partial charge in [-0.3, -0.25) is 0 Å². The van der Waals surface area contributed by atoms with Crippen LogP contribution in [0.15, 0.2) is 36.6 Å². The van der Waals surface area contributed by atoms with E-state index >= 15 is 0 Å². The molecule has 76 valence electrons. The lowest BCUT2D eigenvalue weighted by Crippen LogP contribution is -1.93. The van der Waals surface area contributed by atoms with E-state index in [0.717, 1.165) is 11.3 Å². The number of benzene rings is 1. The Morgan fingerprint density at radius 1 is 1.14 bits per heavy atom. The Balaban J connectivity index is 2.77. The van der Waals surface area contributed by atoms with Crippen LogP contribution >= 0.6 is 0 Å². The van der Waals surface area contributed by atoms with Crippen LogP contribution in [-0.4, -0.2) is 13.2 Å². The molecule has 0 spiro atoms. The van der Waals surface area contributed by atoms with Gasteiger partial charge in [0.05, 0.1) is 13.2 Å². The second-order valence-electron chi connectivity index (χ2n) is 2.74. The molecule has 0 bridgehead atoms. The van der Waals surface area contributed by atoms with E-state index in [1.165, 1.54) is 0 Å². The standard InChI is InChI=1S/C12H16O2/c1-3-13-10-12(14-4-2)11-8-6-5-7-9-11/h5-10H,3-4H2,1-2H3/b12-10+. The summed E-state index contributed by atoms with van der Waals surface area (Å²) in [4.78, 5) is 0. The Labute approximate surface area is 85.2 Å². The van der Waals surface area contributed by atoms with Gasteiger partial charge in [0.15, 0.2) is 5.76 Å². The molecule has 0 atom stereocenters. The van der Waals surface area contributed by atoms with Crippen molar-refractivity contribution in [1.82, 2.24) is 0 Å². The maximum atomic E-state index is 5.47. The highest BCUT2D eigenvalue weighted by Gasteiger charge is 2.00. The molecule has 0 amide bonds. The number of hydrogen-bond donors (Lipinski definition) is 0. The van der Waals surface area contributed by atoms with Crippen LogP contribution < -0.4 is 0 Å². The van der Waals surface area contributed by atoms with Crippen LogP contribution in [0.25, 0.3) is 5.76 Å². The lowest BCUT2D eigenvalue weighted by Gasteiger charge is -2.08. The maximum Gasteiger partial charge on any atom is 0.160 e. The van der Waals surface area contributed by atoms with Gasteiger partial charge in [0.1, 0.15) is 6.26 Å². The average molecular weight is 192 g/mol. The molecule has 2 heteroatoms. The van der Waals surface area contributed by atoms with Crippen molar-refractivity contribution in [2.24, 2.45) is 0 Å². The van der Waals surface area contributed by atoms with E-state index in [0.29, 0.717) is 13.2 Å². The first-order chi connectivity index (χ1) is 6.88. The molecule has 14 heavy (non-hydrogen) atoms. The molecule has 1 rings (SSSR count). The summed E-state index contributed by atoms with van der Waals surface area (Å²) in [6.07, 6.45) is 1.67. The Morgan fingerprint density at radius 2 is 1.86 bits per heavy atom. The van der Waals surface area contributed by atoms with Gasteiger partial charge in [-0.15, -0.1) is 0 Å². The zero-order valence-electron chi connectivity index (χ0n) is 8.69. The molecule has 0 aromatic heterocycles. The molecule has 0 aliphatic carbocycles. The highest BCUT2D eigenvalue weighted by Crippen LogP contribution is 2.15. The molecular formula is C12H16O2. The molecule has 0 saturated heterocycles. The molecule has 0 saturated carbocycles. The fourth-order valence-electron chi connectivity index (χ4n) is 1.10. The van der Waals surface area contributed by atoms with Crippen LogP contribution in [-0.2, 0) is 9.47 Å². The van der Waals surface area contributed by atoms with Gasteiger partial charge in [-0.1, -0.05) is 30.3 Å². The van der Waals surface area contributed by atoms with Crippen LogP contribution in [0, 0.1) is 0 Å². The third kappa shape index (κ3) is 3.13. The van der Waals surface area contributed by atoms with Gasteiger partial charge in [-0.05, 0) is 13.8 Å². The first-order valence-electron chi connectivity index (χ1n) is 4.88. The van der Waals surface area contributed by atoms with Crippen LogP contribution in [0.2, 0.25) is 0 Å². The number of ether oxygens (including phenoxy) is 2. The van der Waals surface area contributed by atoms with Crippen molar-refractivity contribution < 1.29 is 9.47 Å². The highest BCUT2D eigenvalue weighted by atomic mass is 16.5. The Morgan fingerprint density at radius 3 is 2.43 bits per heavy atom. The number of rotatable bonds is 5. The van der Waals surface area contributed by atoms with E-state index in [-0.39, 0.29) is 0 Å². The van der Waals surface area contributed by atoms with Crippen molar-refractivity contribution in [2.45, 2.75) is 13.8 Å². The molecule has 0 heterocycles. The monoisotopic (exact) mass is 192 g/mol. The SMILES string of the molecule is CCO/C=C(/OCC)c1ccccc1. The van der Waals surface area contributed by atoms with Crippen molar-refractivity contribution in [3.05, 3.63) is 42.2 Å². The summed E-state index contributed by atoms with van der Waals surface area (Å²) in [5, 5.41) is 0. The summed E-state index contributed by atoms with van der Waals surface area (Å²) in [6.45, 7) is 5.21. The summed E-state index contributed by atoms with van der Waals surface area (Å²) >= 11 is 0. The Bertz CT molecular complexity index is 278. The van der Waals surface area contributed by atoms with Gasteiger partial charge < -0.3 is 9.47 Å². The minimum Gasteiger partial charge on any atom is -0.498 e. The molecular weight excluding hydrogens is 176 g/mol. The Hall–Kier alpha value is -1.44. The highest BCUT2D eigenvalue weighted by molar-refractivity contribution is 5.58. The molecule has 0 N–H and O–H groups in total. The van der Waals surface area contributed by atoms with Gasteiger partial charge in [0, 0.05) is 5.56 Å². The van der Waals surface area contributed by atoms with E-state index in [9.17, 15) is 0 Å². The normalized spacial score (nSPS) is 11.1. The quantitative estimate of drug-likeness (QED) is 0.667. The van der Waals surface area contributed by atoms with Crippen LogP contribution in [0.4, 0.5) is 0 Å². The lowest BCUT2D eigenvalue weighted by atomic mass is 10.2. The molecule has 0 radical (unpaired) electrons. The van der Waals surface area contributed by atoms with Crippen molar-refractivity contribution in [1.29, 1.82) is 0 Å². The summed E-state index contributed by atoms with van der Waals surface area (Å²) in [7, 11) is 0. The third-order valence-corrected chi connectivity index (χ3v) is 1.72. The van der Waals surface area contributed by atoms with Gasteiger partial charge in [0.25, 0.3) is 0 Å². The number of hydrogen-bond acceptors (Lipinski definition) is 2. The molecule has 0 fully saturated rings. The minimum absolute atomic E-state index is 0.647. The van der Waals surface area contributed by atoms with Crippen molar-refractivity contribution >= 4 is 5.76 Å².